The molecule has 5 heteroatoms. The Kier molecular flexibility index (Phi) is 4.01. The molecule has 0 aromatic heterocycles. The van der Waals surface area contributed by atoms with Crippen molar-refractivity contribution in [2.75, 3.05) is 10.6 Å². The summed E-state index contributed by atoms with van der Waals surface area (Å²) in [6, 6.07) is 14.8. The number of benzene rings is 2. The lowest BCUT2D eigenvalue weighted by molar-refractivity contribution is -0.122. The molecule has 3 rings (SSSR count). The monoisotopic (exact) mass is 324 g/mol. The molecule has 1 aliphatic heterocycles. The van der Waals surface area contributed by atoms with Crippen LogP contribution in [0.2, 0.25) is 0 Å². The van der Waals surface area contributed by atoms with E-state index in [0.29, 0.717) is 17.1 Å². The Morgan fingerprint density at radius 2 is 1.88 bits per heavy atom. The summed E-state index contributed by atoms with van der Waals surface area (Å²) in [7, 11) is 0. The van der Waals surface area contributed by atoms with E-state index < -0.39 is 11.5 Å². The fourth-order valence-corrected chi connectivity index (χ4v) is 2.56. The van der Waals surface area contributed by atoms with Gasteiger partial charge < -0.3 is 15.4 Å². The predicted molar refractivity (Wildman–Crippen MR) is 93.3 cm³/mol. The summed E-state index contributed by atoms with van der Waals surface area (Å²) >= 11 is 0. The van der Waals surface area contributed by atoms with Crippen LogP contribution < -0.4 is 15.4 Å². The standard InChI is InChI=1S/C19H20N2O3/c1-12-17(22)21-15-11-14(9-10-16(15)24-12)20-18(23)19(2,3)13-7-5-4-6-8-13/h4-12H,1-3H3,(H,20,23)(H,21,22). The third kappa shape index (κ3) is 2.97. The first kappa shape index (κ1) is 16.1. The van der Waals surface area contributed by atoms with E-state index in [1.165, 1.54) is 0 Å². The third-order valence-electron chi connectivity index (χ3n) is 4.23. The number of fused-ring (bicyclic) bond motifs is 1. The minimum absolute atomic E-state index is 0.120. The molecule has 2 aromatic rings. The molecular weight excluding hydrogens is 304 g/mol. The minimum Gasteiger partial charge on any atom is -0.479 e. The maximum atomic E-state index is 12.7. The molecule has 0 radical (unpaired) electrons. The number of anilines is 2. The average Bonchev–Trinajstić information content (AvgIpc) is 2.57. The second kappa shape index (κ2) is 6.00. The van der Waals surface area contributed by atoms with Gasteiger partial charge in [0, 0.05) is 5.69 Å². The first-order valence-electron chi connectivity index (χ1n) is 7.86. The molecule has 0 spiro atoms. The van der Waals surface area contributed by atoms with E-state index in [1.54, 1.807) is 25.1 Å². The average molecular weight is 324 g/mol. The van der Waals surface area contributed by atoms with E-state index in [-0.39, 0.29) is 11.8 Å². The highest BCUT2D eigenvalue weighted by atomic mass is 16.5. The molecule has 2 amide bonds. The van der Waals surface area contributed by atoms with Crippen molar-refractivity contribution in [2.24, 2.45) is 0 Å². The van der Waals surface area contributed by atoms with Crippen molar-refractivity contribution in [3.63, 3.8) is 0 Å². The van der Waals surface area contributed by atoms with E-state index >= 15 is 0 Å². The van der Waals surface area contributed by atoms with Crippen LogP contribution in [-0.4, -0.2) is 17.9 Å². The molecule has 124 valence electrons. The number of hydrogen-bond acceptors (Lipinski definition) is 3. The summed E-state index contributed by atoms with van der Waals surface area (Å²) in [6.07, 6.45) is -0.519. The number of carbonyl (C=O) groups is 2. The first-order chi connectivity index (χ1) is 11.4. The van der Waals surface area contributed by atoms with Gasteiger partial charge in [-0.05, 0) is 44.5 Å². The van der Waals surface area contributed by atoms with Gasteiger partial charge in [0.2, 0.25) is 5.91 Å². The van der Waals surface area contributed by atoms with Crippen LogP contribution in [0.15, 0.2) is 48.5 Å². The Hall–Kier alpha value is -2.82. The van der Waals surface area contributed by atoms with Crippen LogP contribution in [-0.2, 0) is 15.0 Å². The highest BCUT2D eigenvalue weighted by Crippen LogP contribution is 2.33. The maximum Gasteiger partial charge on any atom is 0.265 e. The SMILES string of the molecule is CC1Oc2ccc(NC(=O)C(C)(C)c3ccccc3)cc2NC1=O. The zero-order valence-electron chi connectivity index (χ0n) is 13.9. The number of hydrogen-bond donors (Lipinski definition) is 2. The van der Waals surface area contributed by atoms with Crippen molar-refractivity contribution >= 4 is 23.2 Å². The van der Waals surface area contributed by atoms with Gasteiger partial charge in [-0.15, -0.1) is 0 Å². The minimum atomic E-state index is -0.675. The van der Waals surface area contributed by atoms with E-state index in [1.807, 2.05) is 44.2 Å². The molecule has 0 bridgehead atoms. The molecule has 1 heterocycles. The van der Waals surface area contributed by atoms with E-state index in [4.69, 9.17) is 4.74 Å². The van der Waals surface area contributed by atoms with E-state index in [2.05, 4.69) is 10.6 Å². The van der Waals surface area contributed by atoms with Gasteiger partial charge in [0.15, 0.2) is 6.10 Å². The summed E-state index contributed by atoms with van der Waals surface area (Å²) in [6.45, 7) is 5.45. The number of amides is 2. The topological polar surface area (TPSA) is 67.4 Å². The molecule has 1 unspecified atom stereocenters. The van der Waals surface area contributed by atoms with Crippen molar-refractivity contribution in [3.05, 3.63) is 54.1 Å². The van der Waals surface area contributed by atoms with Gasteiger partial charge in [0.25, 0.3) is 5.91 Å². The zero-order chi connectivity index (χ0) is 17.3. The number of nitrogens with one attached hydrogen (secondary N) is 2. The molecule has 2 aromatic carbocycles. The van der Waals surface area contributed by atoms with Gasteiger partial charge in [0.05, 0.1) is 11.1 Å². The Balaban J connectivity index is 1.80. The molecule has 0 saturated carbocycles. The van der Waals surface area contributed by atoms with Gasteiger partial charge in [-0.1, -0.05) is 30.3 Å². The second-order valence-corrected chi connectivity index (χ2v) is 6.41. The van der Waals surface area contributed by atoms with Crippen LogP contribution in [0.4, 0.5) is 11.4 Å². The molecule has 0 fully saturated rings. The Morgan fingerprint density at radius 3 is 2.58 bits per heavy atom. The Bertz CT molecular complexity index is 784. The van der Waals surface area contributed by atoms with Crippen LogP contribution in [0.25, 0.3) is 0 Å². The van der Waals surface area contributed by atoms with Crippen molar-refractivity contribution in [1.29, 1.82) is 0 Å². The fraction of sp³-hybridized carbons (Fsp3) is 0.263. The lowest BCUT2D eigenvalue weighted by atomic mass is 9.83. The van der Waals surface area contributed by atoms with Gasteiger partial charge in [-0.3, -0.25) is 9.59 Å². The summed E-state index contributed by atoms with van der Waals surface area (Å²) < 4.78 is 5.52. The third-order valence-corrected chi connectivity index (χ3v) is 4.23. The molecule has 5 nitrogen and oxygen atoms in total. The van der Waals surface area contributed by atoms with Crippen molar-refractivity contribution in [2.45, 2.75) is 32.3 Å². The van der Waals surface area contributed by atoms with E-state index in [0.717, 1.165) is 5.56 Å². The van der Waals surface area contributed by atoms with Crippen LogP contribution in [0.3, 0.4) is 0 Å². The number of carbonyl (C=O) groups excluding carboxylic acids is 2. The smallest absolute Gasteiger partial charge is 0.265 e. The van der Waals surface area contributed by atoms with Crippen LogP contribution in [0.5, 0.6) is 5.75 Å². The Labute approximate surface area is 141 Å². The first-order valence-corrected chi connectivity index (χ1v) is 7.86. The fourth-order valence-electron chi connectivity index (χ4n) is 2.56. The summed E-state index contributed by atoms with van der Waals surface area (Å²) in [5.74, 6) is 0.281. The van der Waals surface area contributed by atoms with Crippen molar-refractivity contribution in [3.8, 4) is 5.75 Å². The van der Waals surface area contributed by atoms with Gasteiger partial charge >= 0.3 is 0 Å². The summed E-state index contributed by atoms with van der Waals surface area (Å²) in [5.41, 5.74) is 1.44. The van der Waals surface area contributed by atoms with Crippen LogP contribution >= 0.6 is 0 Å². The zero-order valence-corrected chi connectivity index (χ0v) is 13.9. The molecule has 1 atom stereocenters. The highest BCUT2D eigenvalue weighted by Gasteiger charge is 2.30. The number of rotatable bonds is 3. The van der Waals surface area contributed by atoms with Crippen molar-refractivity contribution in [1.82, 2.24) is 0 Å². The lowest BCUT2D eigenvalue weighted by Crippen LogP contribution is -2.35. The van der Waals surface area contributed by atoms with Crippen LogP contribution in [0, 0.1) is 0 Å². The van der Waals surface area contributed by atoms with Gasteiger partial charge in [-0.2, -0.15) is 0 Å². The summed E-state index contributed by atoms with van der Waals surface area (Å²) in [5, 5.41) is 5.69. The molecule has 0 saturated heterocycles. The van der Waals surface area contributed by atoms with Gasteiger partial charge in [0.1, 0.15) is 5.75 Å². The lowest BCUT2D eigenvalue weighted by Gasteiger charge is -2.26. The van der Waals surface area contributed by atoms with Gasteiger partial charge in [-0.25, -0.2) is 0 Å². The maximum absolute atomic E-state index is 12.7. The summed E-state index contributed by atoms with van der Waals surface area (Å²) in [4.78, 5) is 24.4. The molecular formula is C19H20N2O3. The predicted octanol–water partition coefficient (Wildman–Crippen LogP) is 3.32. The van der Waals surface area contributed by atoms with Crippen LogP contribution in [0.1, 0.15) is 26.3 Å². The normalized spacial score (nSPS) is 16.6. The molecule has 0 aliphatic carbocycles. The van der Waals surface area contributed by atoms with Crippen molar-refractivity contribution < 1.29 is 14.3 Å². The second-order valence-electron chi connectivity index (χ2n) is 6.41. The molecule has 1 aliphatic rings. The quantitative estimate of drug-likeness (QED) is 0.910. The molecule has 2 N–H and O–H groups in total. The number of ether oxygens (including phenoxy) is 1. The highest BCUT2D eigenvalue weighted by molar-refractivity contribution is 6.01. The Morgan fingerprint density at radius 1 is 1.17 bits per heavy atom. The van der Waals surface area contributed by atoms with E-state index in [9.17, 15) is 9.59 Å². The largest absolute Gasteiger partial charge is 0.479 e. The molecule has 24 heavy (non-hydrogen) atoms.